The average Bonchev–Trinajstić information content (AvgIpc) is 3.03. The molecule has 0 saturated carbocycles. The number of thiazole rings is 1. The maximum atomic E-state index is 12.1. The Morgan fingerprint density at radius 3 is 2.73 bits per heavy atom. The summed E-state index contributed by atoms with van der Waals surface area (Å²) < 4.78 is 0.978. The quantitative estimate of drug-likeness (QED) is 0.482. The zero-order chi connectivity index (χ0) is 17.9. The Morgan fingerprint density at radius 1 is 1.00 bits per heavy atom. The van der Waals surface area contributed by atoms with Crippen LogP contribution in [0, 0.1) is 0 Å². The Hall–Kier alpha value is -2.96. The Labute approximate surface area is 158 Å². The number of nitrogens with one attached hydrogen (secondary N) is 2. The van der Waals surface area contributed by atoms with Crippen molar-refractivity contribution in [1.82, 2.24) is 9.97 Å². The summed E-state index contributed by atoms with van der Waals surface area (Å²) in [5, 5.41) is 6.58. The molecule has 4 aromatic rings. The van der Waals surface area contributed by atoms with Crippen molar-refractivity contribution in [2.45, 2.75) is 0 Å². The van der Waals surface area contributed by atoms with Crippen LogP contribution in [0.5, 0.6) is 0 Å². The number of pyridine rings is 1. The van der Waals surface area contributed by atoms with Crippen molar-refractivity contribution in [3.05, 3.63) is 71.9 Å². The van der Waals surface area contributed by atoms with Crippen LogP contribution in [0.4, 0.5) is 15.6 Å². The normalized spacial score (nSPS) is 10.7. The minimum atomic E-state index is -0.365. The van der Waals surface area contributed by atoms with Gasteiger partial charge in [0.25, 0.3) is 0 Å². The van der Waals surface area contributed by atoms with E-state index >= 15 is 0 Å². The second-order valence-corrected chi connectivity index (χ2v) is 6.97. The lowest BCUT2D eigenvalue weighted by atomic mass is 10.1. The summed E-state index contributed by atoms with van der Waals surface area (Å²) in [6, 6.07) is 18.3. The second-order valence-electron chi connectivity index (χ2n) is 5.51. The molecule has 5 nitrogen and oxygen atoms in total. The molecule has 4 rings (SSSR count). The van der Waals surface area contributed by atoms with Crippen LogP contribution >= 0.6 is 22.9 Å². The molecule has 2 aromatic carbocycles. The minimum Gasteiger partial charge on any atom is -0.308 e. The fourth-order valence-electron chi connectivity index (χ4n) is 2.50. The maximum Gasteiger partial charge on any atom is 0.325 e. The minimum absolute atomic E-state index is 0.365. The van der Waals surface area contributed by atoms with Crippen molar-refractivity contribution in [3.8, 4) is 11.3 Å². The van der Waals surface area contributed by atoms with E-state index in [9.17, 15) is 4.79 Å². The molecule has 0 aliphatic carbocycles. The molecular formula is C19H13ClN4OS. The van der Waals surface area contributed by atoms with Crippen LogP contribution in [0.2, 0.25) is 5.02 Å². The van der Waals surface area contributed by atoms with E-state index in [1.165, 1.54) is 11.3 Å². The first kappa shape index (κ1) is 16.5. The largest absolute Gasteiger partial charge is 0.325 e. The van der Waals surface area contributed by atoms with Crippen molar-refractivity contribution >= 4 is 50.0 Å². The molecule has 2 N–H and O–H groups in total. The molecule has 0 bridgehead atoms. The van der Waals surface area contributed by atoms with E-state index < -0.39 is 0 Å². The number of rotatable bonds is 3. The molecule has 0 aliphatic rings. The van der Waals surface area contributed by atoms with Crippen LogP contribution in [-0.4, -0.2) is 16.0 Å². The molecule has 2 heterocycles. The first-order valence-corrected chi connectivity index (χ1v) is 9.02. The SMILES string of the molecule is O=C(Nc1cccc(Cl)c1)Nc1nc2ccc(-c3ccccn3)cc2s1. The van der Waals surface area contributed by atoms with E-state index in [1.807, 2.05) is 36.4 Å². The van der Waals surface area contributed by atoms with Gasteiger partial charge in [0.1, 0.15) is 0 Å². The van der Waals surface area contributed by atoms with E-state index in [-0.39, 0.29) is 6.03 Å². The van der Waals surface area contributed by atoms with Gasteiger partial charge >= 0.3 is 6.03 Å². The molecule has 0 spiro atoms. The van der Waals surface area contributed by atoms with E-state index in [0.717, 1.165) is 21.5 Å². The van der Waals surface area contributed by atoms with Crippen molar-refractivity contribution in [1.29, 1.82) is 0 Å². The lowest BCUT2D eigenvalue weighted by molar-refractivity contribution is 0.262. The van der Waals surface area contributed by atoms with Crippen molar-refractivity contribution in [2.24, 2.45) is 0 Å². The Balaban J connectivity index is 1.53. The number of carbonyl (C=O) groups is 1. The van der Waals surface area contributed by atoms with Gasteiger partial charge in [-0.2, -0.15) is 0 Å². The van der Waals surface area contributed by atoms with Gasteiger partial charge < -0.3 is 5.32 Å². The zero-order valence-corrected chi connectivity index (χ0v) is 15.0. The van der Waals surface area contributed by atoms with Crippen LogP contribution in [0.3, 0.4) is 0 Å². The summed E-state index contributed by atoms with van der Waals surface area (Å²) >= 11 is 7.33. The number of carbonyl (C=O) groups excluding carboxylic acids is 1. The molecule has 26 heavy (non-hydrogen) atoms. The van der Waals surface area contributed by atoms with E-state index in [0.29, 0.717) is 15.8 Å². The van der Waals surface area contributed by atoms with Crippen molar-refractivity contribution in [3.63, 3.8) is 0 Å². The fourth-order valence-corrected chi connectivity index (χ4v) is 3.59. The molecule has 2 amide bonds. The smallest absolute Gasteiger partial charge is 0.308 e. The molecule has 0 fully saturated rings. The van der Waals surface area contributed by atoms with Crippen LogP contribution < -0.4 is 10.6 Å². The number of halogens is 1. The first-order chi connectivity index (χ1) is 12.7. The summed E-state index contributed by atoms with van der Waals surface area (Å²) in [5.41, 5.74) is 3.36. The number of nitrogens with zero attached hydrogens (tertiary/aromatic N) is 2. The number of benzene rings is 2. The molecule has 0 radical (unpaired) electrons. The molecule has 0 saturated heterocycles. The monoisotopic (exact) mass is 380 g/mol. The third-order valence-corrected chi connectivity index (χ3v) is 4.82. The van der Waals surface area contributed by atoms with Crippen molar-refractivity contribution < 1.29 is 4.79 Å². The first-order valence-electron chi connectivity index (χ1n) is 7.83. The lowest BCUT2D eigenvalue weighted by Gasteiger charge is -2.05. The van der Waals surface area contributed by atoms with Gasteiger partial charge in [0, 0.05) is 22.5 Å². The maximum absolute atomic E-state index is 12.1. The molecular weight excluding hydrogens is 368 g/mol. The van der Waals surface area contributed by atoms with Crippen LogP contribution in [0.25, 0.3) is 21.5 Å². The van der Waals surface area contributed by atoms with Gasteiger partial charge in [0.2, 0.25) is 0 Å². The van der Waals surface area contributed by atoms with Crippen LogP contribution in [-0.2, 0) is 0 Å². The number of fused-ring (bicyclic) bond motifs is 1. The van der Waals surface area contributed by atoms with Gasteiger partial charge in [0.15, 0.2) is 5.13 Å². The number of amides is 2. The number of aromatic nitrogens is 2. The van der Waals surface area contributed by atoms with Crippen LogP contribution in [0.15, 0.2) is 66.9 Å². The summed E-state index contributed by atoms with van der Waals surface area (Å²) in [6.45, 7) is 0. The predicted molar refractivity (Wildman–Crippen MR) is 107 cm³/mol. The molecule has 0 unspecified atom stereocenters. The van der Waals surface area contributed by atoms with Gasteiger partial charge in [-0.25, -0.2) is 9.78 Å². The molecule has 2 aromatic heterocycles. The van der Waals surface area contributed by atoms with Gasteiger partial charge in [0.05, 0.1) is 15.9 Å². The Bertz CT molecular complexity index is 1080. The predicted octanol–water partition coefficient (Wildman–Crippen LogP) is 5.66. The third kappa shape index (κ3) is 3.66. The summed E-state index contributed by atoms with van der Waals surface area (Å²) in [5.74, 6) is 0. The van der Waals surface area contributed by atoms with Gasteiger partial charge in [-0.05, 0) is 42.5 Å². The highest BCUT2D eigenvalue weighted by molar-refractivity contribution is 7.22. The number of hydrogen-bond acceptors (Lipinski definition) is 4. The van der Waals surface area contributed by atoms with E-state index in [1.54, 1.807) is 30.5 Å². The molecule has 128 valence electrons. The highest BCUT2D eigenvalue weighted by Crippen LogP contribution is 2.30. The topological polar surface area (TPSA) is 66.9 Å². The van der Waals surface area contributed by atoms with Gasteiger partial charge in [-0.1, -0.05) is 41.1 Å². The standard InChI is InChI=1S/C19H13ClN4OS/c20-13-4-3-5-14(11-13)22-18(25)24-19-23-16-8-7-12(10-17(16)26-19)15-6-1-2-9-21-15/h1-11H,(H2,22,23,24,25). The Morgan fingerprint density at radius 2 is 1.92 bits per heavy atom. The van der Waals surface area contributed by atoms with Gasteiger partial charge in [-0.15, -0.1) is 0 Å². The van der Waals surface area contributed by atoms with Gasteiger partial charge in [-0.3, -0.25) is 10.3 Å². The summed E-state index contributed by atoms with van der Waals surface area (Å²) in [6.07, 6.45) is 1.76. The third-order valence-electron chi connectivity index (χ3n) is 3.65. The summed E-state index contributed by atoms with van der Waals surface area (Å²) in [7, 11) is 0. The van der Waals surface area contributed by atoms with E-state index in [2.05, 4.69) is 20.6 Å². The lowest BCUT2D eigenvalue weighted by Crippen LogP contribution is -2.19. The highest BCUT2D eigenvalue weighted by Gasteiger charge is 2.09. The average molecular weight is 381 g/mol. The second kappa shape index (κ2) is 7.11. The Kier molecular flexibility index (Phi) is 4.51. The fraction of sp³-hybridized carbons (Fsp3) is 0. The molecule has 7 heteroatoms. The zero-order valence-electron chi connectivity index (χ0n) is 13.4. The van der Waals surface area contributed by atoms with Crippen molar-refractivity contribution in [2.75, 3.05) is 10.6 Å². The van der Waals surface area contributed by atoms with E-state index in [4.69, 9.17) is 11.6 Å². The summed E-state index contributed by atoms with van der Waals surface area (Å²) in [4.78, 5) is 21.0. The number of anilines is 2. The number of hydrogen-bond donors (Lipinski definition) is 2. The molecule has 0 atom stereocenters. The highest BCUT2D eigenvalue weighted by atomic mass is 35.5. The van der Waals surface area contributed by atoms with Crippen LogP contribution in [0.1, 0.15) is 0 Å². The molecule has 0 aliphatic heterocycles. The number of urea groups is 1.